The van der Waals surface area contributed by atoms with E-state index in [1.165, 1.54) is 49.4 Å². The maximum Gasteiger partial charge on any atom is 0.263 e. The Kier molecular flexibility index (Phi) is 5.08. The molecule has 10 heteroatoms. The molecule has 2 aromatic carbocycles. The van der Waals surface area contributed by atoms with Gasteiger partial charge in [0.15, 0.2) is 5.82 Å². The van der Waals surface area contributed by atoms with Gasteiger partial charge in [-0.05, 0) is 43.3 Å². The summed E-state index contributed by atoms with van der Waals surface area (Å²) >= 11 is 7.04. The van der Waals surface area contributed by atoms with E-state index < -0.39 is 11.7 Å². The molecule has 0 unspecified atom stereocenters. The summed E-state index contributed by atoms with van der Waals surface area (Å²) in [5.74, 6) is -1.07. The smallest absolute Gasteiger partial charge is 0.263 e. The minimum absolute atomic E-state index is 0.00799. The highest BCUT2D eigenvalue weighted by Crippen LogP contribution is 2.34. The van der Waals surface area contributed by atoms with Crippen LogP contribution in [0.4, 0.5) is 13.9 Å². The zero-order valence-corrected chi connectivity index (χ0v) is 16.3. The number of carbonyl (C=O) groups excluding carboxylic acids is 1. The van der Waals surface area contributed by atoms with Gasteiger partial charge in [0.1, 0.15) is 28.7 Å². The van der Waals surface area contributed by atoms with Gasteiger partial charge in [-0.2, -0.15) is 9.36 Å². The SMILES string of the molecule is Cc1onc(-c2c(F)cccc2Cl)c1C(=O)Nc1nc(-c2ccc(F)cc2)ns1. The molecule has 6 nitrogen and oxygen atoms in total. The van der Waals surface area contributed by atoms with Crippen LogP contribution in [0.1, 0.15) is 16.1 Å². The normalized spacial score (nSPS) is 10.9. The molecule has 2 heterocycles. The standard InChI is InChI=1S/C19H11ClF2N4O2S/c1-9-14(16(25-28-9)15-12(20)3-2-4-13(15)22)18(27)24-19-23-17(26-29-19)10-5-7-11(21)8-6-10/h2-8H,1H3,(H,23,24,26,27). The summed E-state index contributed by atoms with van der Waals surface area (Å²) in [5, 5.41) is 6.71. The van der Waals surface area contributed by atoms with E-state index in [1.54, 1.807) is 0 Å². The van der Waals surface area contributed by atoms with Gasteiger partial charge >= 0.3 is 0 Å². The summed E-state index contributed by atoms with van der Waals surface area (Å²) in [6.07, 6.45) is 0. The van der Waals surface area contributed by atoms with Crippen molar-refractivity contribution in [3.8, 4) is 22.6 Å². The van der Waals surface area contributed by atoms with Crippen LogP contribution < -0.4 is 5.32 Å². The molecule has 4 rings (SSSR count). The lowest BCUT2D eigenvalue weighted by molar-refractivity contribution is 0.102. The second kappa shape index (κ2) is 7.69. The molecule has 4 aromatic rings. The molecule has 146 valence electrons. The second-order valence-electron chi connectivity index (χ2n) is 5.94. The Morgan fingerprint density at radius 3 is 2.66 bits per heavy atom. The summed E-state index contributed by atoms with van der Waals surface area (Å²) in [5.41, 5.74) is 0.602. The number of anilines is 1. The molecule has 29 heavy (non-hydrogen) atoms. The van der Waals surface area contributed by atoms with Gasteiger partial charge in [-0.3, -0.25) is 10.1 Å². The molecular formula is C19H11ClF2N4O2S. The van der Waals surface area contributed by atoms with E-state index in [0.29, 0.717) is 11.4 Å². The van der Waals surface area contributed by atoms with Gasteiger partial charge in [0, 0.05) is 17.1 Å². The van der Waals surface area contributed by atoms with E-state index in [9.17, 15) is 13.6 Å². The Bertz CT molecular complexity index is 1190. The second-order valence-corrected chi connectivity index (χ2v) is 7.10. The van der Waals surface area contributed by atoms with Crippen molar-refractivity contribution in [2.45, 2.75) is 6.92 Å². The molecule has 0 atom stereocenters. The van der Waals surface area contributed by atoms with Gasteiger partial charge in [-0.25, -0.2) is 8.78 Å². The van der Waals surface area contributed by atoms with Crippen molar-refractivity contribution >= 4 is 34.2 Å². The van der Waals surface area contributed by atoms with Gasteiger partial charge < -0.3 is 4.52 Å². The first kappa shape index (κ1) is 19.2. The number of halogens is 3. The lowest BCUT2D eigenvalue weighted by atomic mass is 10.1. The molecule has 1 N–H and O–H groups in total. The summed E-state index contributed by atoms with van der Waals surface area (Å²) < 4.78 is 36.6. The fourth-order valence-corrected chi connectivity index (χ4v) is 3.52. The van der Waals surface area contributed by atoms with Crippen LogP contribution in [-0.4, -0.2) is 20.4 Å². The third-order valence-corrected chi connectivity index (χ3v) is 4.98. The largest absolute Gasteiger partial charge is 0.360 e. The fourth-order valence-electron chi connectivity index (χ4n) is 2.68. The van der Waals surface area contributed by atoms with E-state index in [4.69, 9.17) is 16.1 Å². The first-order chi connectivity index (χ1) is 13.9. The maximum absolute atomic E-state index is 14.3. The fraction of sp³-hybridized carbons (Fsp3) is 0.0526. The van der Waals surface area contributed by atoms with Crippen molar-refractivity contribution in [2.75, 3.05) is 5.32 Å². The number of hydrogen-bond donors (Lipinski definition) is 1. The molecule has 0 bridgehead atoms. The Labute approximate surface area is 172 Å². The van der Waals surface area contributed by atoms with Crippen molar-refractivity contribution in [2.24, 2.45) is 0 Å². The number of benzene rings is 2. The average molecular weight is 433 g/mol. The number of nitrogens with one attached hydrogen (secondary N) is 1. The summed E-state index contributed by atoms with van der Waals surface area (Å²) in [6.45, 7) is 1.53. The molecular weight excluding hydrogens is 422 g/mol. The number of rotatable bonds is 4. The molecule has 0 saturated heterocycles. The van der Waals surface area contributed by atoms with E-state index >= 15 is 0 Å². The first-order valence-corrected chi connectivity index (χ1v) is 9.41. The summed E-state index contributed by atoms with van der Waals surface area (Å²) in [4.78, 5) is 17.0. The highest BCUT2D eigenvalue weighted by molar-refractivity contribution is 7.10. The van der Waals surface area contributed by atoms with Gasteiger partial charge in [0.2, 0.25) is 5.13 Å². The summed E-state index contributed by atoms with van der Waals surface area (Å²) in [6, 6.07) is 9.81. The molecule has 0 aliphatic carbocycles. The number of nitrogens with zero attached hydrogens (tertiary/aromatic N) is 3. The van der Waals surface area contributed by atoms with Crippen LogP contribution >= 0.6 is 23.1 Å². The van der Waals surface area contributed by atoms with Gasteiger partial charge in [-0.1, -0.05) is 22.8 Å². The minimum atomic E-state index is -0.630. The van der Waals surface area contributed by atoms with Crippen molar-refractivity contribution in [3.63, 3.8) is 0 Å². The third kappa shape index (κ3) is 3.74. The monoisotopic (exact) mass is 432 g/mol. The predicted octanol–water partition coefficient (Wildman–Crippen LogP) is 5.35. The van der Waals surface area contributed by atoms with Gasteiger partial charge in [0.05, 0.1) is 10.6 Å². The van der Waals surface area contributed by atoms with Crippen LogP contribution in [0.25, 0.3) is 22.6 Å². The first-order valence-electron chi connectivity index (χ1n) is 8.25. The van der Waals surface area contributed by atoms with E-state index in [-0.39, 0.29) is 38.6 Å². The van der Waals surface area contributed by atoms with Crippen LogP contribution in [0.3, 0.4) is 0 Å². The Hall–Kier alpha value is -3.17. The van der Waals surface area contributed by atoms with Crippen molar-refractivity contribution < 1.29 is 18.1 Å². The zero-order valence-electron chi connectivity index (χ0n) is 14.7. The average Bonchev–Trinajstić information content (AvgIpc) is 3.29. The molecule has 0 aliphatic heterocycles. The van der Waals surface area contributed by atoms with Gasteiger partial charge in [0.25, 0.3) is 5.91 Å². The number of hydrogen-bond acceptors (Lipinski definition) is 6. The maximum atomic E-state index is 14.3. The number of aromatic nitrogens is 3. The number of carbonyl (C=O) groups is 1. The quantitative estimate of drug-likeness (QED) is 0.470. The van der Waals surface area contributed by atoms with Crippen LogP contribution in [0.15, 0.2) is 47.0 Å². The minimum Gasteiger partial charge on any atom is -0.360 e. The van der Waals surface area contributed by atoms with E-state index in [0.717, 1.165) is 11.5 Å². The van der Waals surface area contributed by atoms with Crippen molar-refractivity contribution in [1.29, 1.82) is 0 Å². The Morgan fingerprint density at radius 1 is 1.17 bits per heavy atom. The Morgan fingerprint density at radius 2 is 1.93 bits per heavy atom. The predicted molar refractivity (Wildman–Crippen MR) is 105 cm³/mol. The molecule has 0 aliphatic rings. The Balaban J connectivity index is 1.64. The summed E-state index contributed by atoms with van der Waals surface area (Å²) in [7, 11) is 0. The highest BCUT2D eigenvalue weighted by atomic mass is 35.5. The number of amides is 1. The third-order valence-electron chi connectivity index (χ3n) is 4.04. The lowest BCUT2D eigenvalue weighted by Crippen LogP contribution is -2.13. The van der Waals surface area contributed by atoms with Crippen molar-refractivity contribution in [3.05, 3.63) is 70.4 Å². The lowest BCUT2D eigenvalue weighted by Gasteiger charge is -2.05. The number of aryl methyl sites for hydroxylation is 1. The van der Waals surface area contributed by atoms with Crippen LogP contribution in [0, 0.1) is 18.6 Å². The molecule has 1 amide bonds. The van der Waals surface area contributed by atoms with Crippen LogP contribution in [0.5, 0.6) is 0 Å². The highest BCUT2D eigenvalue weighted by Gasteiger charge is 2.26. The topological polar surface area (TPSA) is 80.9 Å². The molecule has 0 radical (unpaired) electrons. The molecule has 0 spiro atoms. The van der Waals surface area contributed by atoms with Crippen molar-refractivity contribution in [1.82, 2.24) is 14.5 Å². The van der Waals surface area contributed by atoms with E-state index in [2.05, 4.69) is 19.8 Å². The molecule has 2 aromatic heterocycles. The van der Waals surface area contributed by atoms with Crippen LogP contribution in [0.2, 0.25) is 5.02 Å². The molecule has 0 fully saturated rings. The van der Waals surface area contributed by atoms with E-state index in [1.807, 2.05) is 0 Å². The van der Waals surface area contributed by atoms with Gasteiger partial charge in [-0.15, -0.1) is 0 Å². The molecule has 0 saturated carbocycles. The zero-order chi connectivity index (χ0) is 20.5. The van der Waals surface area contributed by atoms with Crippen LogP contribution in [-0.2, 0) is 0 Å².